The highest BCUT2D eigenvalue weighted by atomic mass is 35.5. The van der Waals surface area contributed by atoms with Crippen molar-refractivity contribution >= 4 is 44.9 Å². The fraction of sp³-hybridized carbons (Fsp3) is 0.267. The van der Waals surface area contributed by atoms with Crippen LogP contribution in [0.15, 0.2) is 18.2 Å². The number of aromatic nitrogens is 3. The molecule has 0 radical (unpaired) electrons. The molecule has 114 valence electrons. The maximum atomic E-state index is 11.7. The van der Waals surface area contributed by atoms with Crippen molar-refractivity contribution in [1.82, 2.24) is 14.8 Å². The third-order valence-electron chi connectivity index (χ3n) is 3.29. The molecular formula is C15H15ClN4OS. The Morgan fingerprint density at radius 3 is 2.86 bits per heavy atom. The molecule has 1 amide bonds. The zero-order chi connectivity index (χ0) is 15.9. The summed E-state index contributed by atoms with van der Waals surface area (Å²) in [4.78, 5) is 16.3. The summed E-state index contributed by atoms with van der Waals surface area (Å²) >= 11 is 7.71. The lowest BCUT2D eigenvalue weighted by Crippen LogP contribution is -2.13. The standard InChI is InChI=1S/C15H15ClN4OS/c1-4-12(21)17-11-7-9(3)19-20(11)15-18-13-8(2)5-6-10(16)14(13)22-15/h5-7H,4H2,1-3H3,(H,17,21). The highest BCUT2D eigenvalue weighted by Crippen LogP contribution is 2.34. The topological polar surface area (TPSA) is 59.8 Å². The van der Waals surface area contributed by atoms with Gasteiger partial charge in [-0.2, -0.15) is 9.78 Å². The van der Waals surface area contributed by atoms with Crippen LogP contribution in [-0.4, -0.2) is 20.7 Å². The average Bonchev–Trinajstić information content (AvgIpc) is 3.07. The van der Waals surface area contributed by atoms with Crippen molar-refractivity contribution in [3.05, 3.63) is 34.5 Å². The van der Waals surface area contributed by atoms with Crippen LogP contribution in [0.4, 0.5) is 5.82 Å². The molecule has 0 bridgehead atoms. The van der Waals surface area contributed by atoms with E-state index in [4.69, 9.17) is 11.6 Å². The van der Waals surface area contributed by atoms with E-state index < -0.39 is 0 Å². The zero-order valence-corrected chi connectivity index (χ0v) is 14.0. The van der Waals surface area contributed by atoms with Gasteiger partial charge in [-0.25, -0.2) is 4.98 Å². The Morgan fingerprint density at radius 1 is 1.41 bits per heavy atom. The first kappa shape index (κ1) is 15.0. The number of carbonyl (C=O) groups excluding carboxylic acids is 1. The minimum Gasteiger partial charge on any atom is -0.311 e. The van der Waals surface area contributed by atoms with Crippen LogP contribution < -0.4 is 5.32 Å². The molecule has 3 aromatic rings. The third-order valence-corrected chi connectivity index (χ3v) is 4.78. The van der Waals surface area contributed by atoms with Crippen LogP contribution in [0.3, 0.4) is 0 Å². The van der Waals surface area contributed by atoms with Gasteiger partial charge in [0.1, 0.15) is 5.82 Å². The molecule has 2 aromatic heterocycles. The lowest BCUT2D eigenvalue weighted by atomic mass is 10.2. The molecule has 1 aromatic carbocycles. The Hall–Kier alpha value is -1.92. The normalized spacial score (nSPS) is 11.1. The van der Waals surface area contributed by atoms with Gasteiger partial charge in [0.15, 0.2) is 0 Å². The summed E-state index contributed by atoms with van der Waals surface area (Å²) in [5, 5.41) is 8.64. The molecule has 7 heteroatoms. The van der Waals surface area contributed by atoms with Crippen molar-refractivity contribution < 1.29 is 4.79 Å². The lowest BCUT2D eigenvalue weighted by molar-refractivity contribution is -0.115. The average molecular weight is 335 g/mol. The predicted molar refractivity (Wildman–Crippen MR) is 90.1 cm³/mol. The highest BCUT2D eigenvalue weighted by molar-refractivity contribution is 7.21. The first-order valence-corrected chi connectivity index (χ1v) is 8.11. The number of thiazole rings is 1. The monoisotopic (exact) mass is 334 g/mol. The van der Waals surface area contributed by atoms with Gasteiger partial charge < -0.3 is 5.32 Å². The van der Waals surface area contributed by atoms with Gasteiger partial charge in [-0.15, -0.1) is 0 Å². The largest absolute Gasteiger partial charge is 0.311 e. The molecule has 0 saturated heterocycles. The summed E-state index contributed by atoms with van der Waals surface area (Å²) in [6.45, 7) is 5.68. The molecule has 5 nitrogen and oxygen atoms in total. The SMILES string of the molecule is CCC(=O)Nc1cc(C)nn1-c1nc2c(C)ccc(Cl)c2s1. The Kier molecular flexibility index (Phi) is 3.88. The number of nitrogens with zero attached hydrogens (tertiary/aromatic N) is 3. The lowest BCUT2D eigenvalue weighted by Gasteiger charge is -2.04. The summed E-state index contributed by atoms with van der Waals surface area (Å²) in [7, 11) is 0. The Bertz CT molecular complexity index is 829. The maximum Gasteiger partial charge on any atom is 0.225 e. The molecule has 1 N–H and O–H groups in total. The van der Waals surface area contributed by atoms with E-state index in [2.05, 4.69) is 15.4 Å². The zero-order valence-electron chi connectivity index (χ0n) is 12.5. The molecule has 0 spiro atoms. The van der Waals surface area contributed by atoms with E-state index in [9.17, 15) is 4.79 Å². The van der Waals surface area contributed by atoms with Gasteiger partial charge in [-0.3, -0.25) is 4.79 Å². The molecule has 0 aliphatic heterocycles. The maximum absolute atomic E-state index is 11.7. The van der Waals surface area contributed by atoms with Crippen molar-refractivity contribution in [3.63, 3.8) is 0 Å². The fourth-order valence-electron chi connectivity index (χ4n) is 2.15. The van der Waals surface area contributed by atoms with Gasteiger partial charge >= 0.3 is 0 Å². The molecular weight excluding hydrogens is 320 g/mol. The second kappa shape index (κ2) is 5.70. The first-order chi connectivity index (χ1) is 10.5. The number of fused-ring (bicyclic) bond motifs is 1. The van der Waals surface area contributed by atoms with Crippen molar-refractivity contribution in [2.75, 3.05) is 5.32 Å². The van der Waals surface area contributed by atoms with E-state index in [0.29, 0.717) is 22.4 Å². The van der Waals surface area contributed by atoms with Gasteiger partial charge in [-0.1, -0.05) is 35.9 Å². The minimum atomic E-state index is -0.0588. The fourth-order valence-corrected chi connectivity index (χ4v) is 3.43. The Morgan fingerprint density at radius 2 is 2.18 bits per heavy atom. The summed E-state index contributed by atoms with van der Waals surface area (Å²) < 4.78 is 2.58. The van der Waals surface area contributed by atoms with Crippen molar-refractivity contribution in [2.45, 2.75) is 27.2 Å². The molecule has 0 aliphatic carbocycles. The number of hydrogen-bond acceptors (Lipinski definition) is 4. The van der Waals surface area contributed by atoms with Crippen LogP contribution in [0.1, 0.15) is 24.6 Å². The quantitative estimate of drug-likeness (QED) is 0.784. The van der Waals surface area contributed by atoms with Crippen LogP contribution in [-0.2, 0) is 4.79 Å². The first-order valence-electron chi connectivity index (χ1n) is 6.92. The third kappa shape index (κ3) is 2.60. The second-order valence-corrected chi connectivity index (χ2v) is 6.41. The molecule has 0 atom stereocenters. The summed E-state index contributed by atoms with van der Waals surface area (Å²) in [6.07, 6.45) is 0.412. The Labute approximate surface area is 136 Å². The summed E-state index contributed by atoms with van der Waals surface area (Å²) in [6, 6.07) is 5.64. The predicted octanol–water partition coefficient (Wildman–Crippen LogP) is 4.10. The van der Waals surface area contributed by atoms with E-state index in [1.165, 1.54) is 11.3 Å². The van der Waals surface area contributed by atoms with Gasteiger partial charge in [0, 0.05) is 12.5 Å². The van der Waals surface area contributed by atoms with Crippen molar-refractivity contribution in [3.8, 4) is 5.13 Å². The summed E-state index contributed by atoms with van der Waals surface area (Å²) in [5.41, 5.74) is 2.74. The van der Waals surface area contributed by atoms with Crippen molar-refractivity contribution in [2.24, 2.45) is 0 Å². The van der Waals surface area contributed by atoms with E-state index in [0.717, 1.165) is 21.5 Å². The Balaban J connectivity index is 2.13. The van der Waals surface area contributed by atoms with Crippen LogP contribution in [0, 0.1) is 13.8 Å². The number of aryl methyl sites for hydroxylation is 2. The van der Waals surface area contributed by atoms with E-state index in [1.807, 2.05) is 39.0 Å². The smallest absolute Gasteiger partial charge is 0.225 e. The van der Waals surface area contributed by atoms with Crippen LogP contribution in [0.5, 0.6) is 0 Å². The van der Waals surface area contributed by atoms with E-state index in [1.54, 1.807) is 4.68 Å². The molecule has 22 heavy (non-hydrogen) atoms. The number of anilines is 1. The number of rotatable bonds is 3. The molecule has 0 aliphatic rings. The molecule has 0 saturated carbocycles. The van der Waals surface area contributed by atoms with Crippen molar-refractivity contribution in [1.29, 1.82) is 0 Å². The van der Waals surface area contributed by atoms with Crippen LogP contribution in [0.2, 0.25) is 5.02 Å². The van der Waals surface area contributed by atoms with Crippen LogP contribution >= 0.6 is 22.9 Å². The van der Waals surface area contributed by atoms with E-state index in [-0.39, 0.29) is 5.91 Å². The molecule has 0 unspecified atom stereocenters. The van der Waals surface area contributed by atoms with Gasteiger partial charge in [-0.05, 0) is 25.5 Å². The minimum absolute atomic E-state index is 0.0588. The number of amides is 1. The van der Waals surface area contributed by atoms with Gasteiger partial charge in [0.25, 0.3) is 0 Å². The summed E-state index contributed by atoms with van der Waals surface area (Å²) in [5.74, 6) is 0.564. The molecule has 0 fully saturated rings. The van der Waals surface area contributed by atoms with Gasteiger partial charge in [0.05, 0.1) is 20.9 Å². The second-order valence-electron chi connectivity index (χ2n) is 5.02. The number of nitrogens with one attached hydrogen (secondary N) is 1. The number of hydrogen-bond donors (Lipinski definition) is 1. The highest BCUT2D eigenvalue weighted by Gasteiger charge is 2.16. The molecule has 3 rings (SSSR count). The van der Waals surface area contributed by atoms with E-state index >= 15 is 0 Å². The number of benzene rings is 1. The number of halogens is 1. The van der Waals surface area contributed by atoms with Crippen LogP contribution in [0.25, 0.3) is 15.3 Å². The molecule has 2 heterocycles. The number of carbonyl (C=O) groups is 1. The van der Waals surface area contributed by atoms with Gasteiger partial charge in [0.2, 0.25) is 11.0 Å².